The summed E-state index contributed by atoms with van der Waals surface area (Å²) in [6, 6.07) is 7.01. The smallest absolute Gasteiger partial charge is 0.359 e. The molecule has 42 heavy (non-hydrogen) atoms. The number of methoxy groups -OCH3 is 2. The Morgan fingerprint density at radius 2 is 1.74 bits per heavy atom. The highest BCUT2D eigenvalue weighted by Crippen LogP contribution is 2.36. The van der Waals surface area contributed by atoms with Gasteiger partial charge in [-0.05, 0) is 30.9 Å². The van der Waals surface area contributed by atoms with E-state index in [0.29, 0.717) is 12.7 Å². The average Bonchev–Trinajstić information content (AvgIpc) is 3.31. The summed E-state index contributed by atoms with van der Waals surface area (Å²) < 4.78 is 90.3. The zero-order valence-electron chi connectivity index (χ0n) is 23.4. The van der Waals surface area contributed by atoms with Crippen LogP contribution in [-0.4, -0.2) is 74.5 Å². The molecule has 0 aliphatic rings. The first-order chi connectivity index (χ1) is 19.8. The van der Waals surface area contributed by atoms with Crippen molar-refractivity contribution < 1.29 is 40.6 Å². The van der Waals surface area contributed by atoms with Crippen molar-refractivity contribution in [3.8, 4) is 17.0 Å². The third kappa shape index (κ3) is 6.47. The van der Waals surface area contributed by atoms with Gasteiger partial charge in [0.1, 0.15) is 18.1 Å². The van der Waals surface area contributed by atoms with Crippen LogP contribution in [-0.2, 0) is 26.2 Å². The molecule has 0 amide bonds. The molecule has 1 N–H and O–H groups in total. The maximum Gasteiger partial charge on any atom is 0.359 e. The molecule has 0 saturated heterocycles. The van der Waals surface area contributed by atoms with Crippen molar-refractivity contribution in [2.75, 3.05) is 50.1 Å². The summed E-state index contributed by atoms with van der Waals surface area (Å²) in [5.74, 6) is -3.39. The number of esters is 1. The molecule has 4 aromatic rings. The second kappa shape index (κ2) is 12.2. The average molecular weight is 627 g/mol. The van der Waals surface area contributed by atoms with Gasteiger partial charge in [0.15, 0.2) is 22.2 Å². The maximum absolute atomic E-state index is 16.1. The van der Waals surface area contributed by atoms with Gasteiger partial charge in [-0.25, -0.2) is 46.1 Å². The van der Waals surface area contributed by atoms with E-state index in [4.69, 9.17) is 14.2 Å². The molecule has 2 heterocycles. The molecule has 0 fully saturated rings. The van der Waals surface area contributed by atoms with Gasteiger partial charge in [-0.1, -0.05) is 18.2 Å². The number of hydrogen-bond acceptors (Lipinski definition) is 8. The van der Waals surface area contributed by atoms with E-state index in [1.807, 2.05) is 4.72 Å². The van der Waals surface area contributed by atoms with E-state index in [0.717, 1.165) is 36.9 Å². The molecule has 4 rings (SSSR count). The fourth-order valence-electron chi connectivity index (χ4n) is 4.01. The Morgan fingerprint density at radius 1 is 1.02 bits per heavy atom. The van der Waals surface area contributed by atoms with Crippen LogP contribution in [0.15, 0.2) is 47.5 Å². The number of anilines is 1. The number of halogens is 3. The number of carbonyl (C=O) groups is 1. The van der Waals surface area contributed by atoms with Crippen molar-refractivity contribution in [3.05, 3.63) is 65.7 Å². The first kappa shape index (κ1) is 31.1. The summed E-state index contributed by atoms with van der Waals surface area (Å²) in [6.45, 7) is 0.187. The molecule has 10 nitrogen and oxygen atoms in total. The molecule has 0 bridgehead atoms. The molecule has 0 unspecified atom stereocenters. The number of ether oxygens (including phenoxy) is 3. The summed E-state index contributed by atoms with van der Waals surface area (Å²) in [4.78, 5) is 15.3. The largest absolute Gasteiger partial charge is 0.480 e. The van der Waals surface area contributed by atoms with Gasteiger partial charge >= 0.3 is 5.97 Å². The molecule has 0 aliphatic heterocycles. The molecule has 0 aliphatic carbocycles. The number of sulfonamides is 1. The number of nitrogens with one attached hydrogen (secondary N) is 1. The second-order valence-corrected chi connectivity index (χ2v) is 16.2. The molecule has 0 radical (unpaired) electrons. The fourth-order valence-corrected chi connectivity index (χ4v) is 5.82. The van der Waals surface area contributed by atoms with Crippen molar-refractivity contribution in [2.24, 2.45) is 0 Å². The first-order valence-corrected chi connectivity index (χ1v) is 16.8. The van der Waals surface area contributed by atoms with Crippen LogP contribution in [0.4, 0.5) is 18.9 Å². The van der Waals surface area contributed by atoms with Crippen LogP contribution in [0.3, 0.4) is 0 Å². The lowest BCUT2D eigenvalue weighted by Crippen LogP contribution is -2.16. The van der Waals surface area contributed by atoms with Crippen LogP contribution in [0.5, 0.6) is 5.88 Å². The number of nitrogens with zero attached hydrogens (tertiary/aromatic N) is 3. The second-order valence-electron chi connectivity index (χ2n) is 9.93. The minimum absolute atomic E-state index is 0.121. The lowest BCUT2D eigenvalue weighted by Gasteiger charge is -2.24. The lowest BCUT2D eigenvalue weighted by molar-refractivity contribution is 0.0586. The zero-order chi connectivity index (χ0) is 30.8. The molecule has 0 spiro atoms. The van der Waals surface area contributed by atoms with Crippen LogP contribution in [0.1, 0.15) is 10.5 Å². The molecule has 0 saturated carbocycles. The summed E-state index contributed by atoms with van der Waals surface area (Å²) in [5.41, 5.74) is -1.33. The van der Waals surface area contributed by atoms with Crippen LogP contribution in [0.25, 0.3) is 22.0 Å². The number of benzene rings is 2. The van der Waals surface area contributed by atoms with Gasteiger partial charge in [-0.2, -0.15) is 5.10 Å². The van der Waals surface area contributed by atoms with Gasteiger partial charge in [0.05, 0.1) is 32.7 Å². The molecule has 0 atom stereocenters. The van der Waals surface area contributed by atoms with Crippen LogP contribution < -0.4 is 9.46 Å². The minimum Gasteiger partial charge on any atom is -0.480 e. The Hall–Kier alpha value is -3.82. The Labute approximate surface area is 242 Å². The van der Waals surface area contributed by atoms with Crippen molar-refractivity contribution in [1.82, 2.24) is 14.8 Å². The number of pyridine rings is 1. The molecular weight excluding hydrogens is 597 g/mol. The van der Waals surface area contributed by atoms with E-state index < -0.39 is 59.9 Å². The first-order valence-electron chi connectivity index (χ1n) is 12.3. The number of rotatable bonds is 11. The predicted molar refractivity (Wildman–Crippen MR) is 154 cm³/mol. The SMILES string of the molecule is COC(=O)c1nn(COCCS(C)(C)C)c2c(F)c(-c3cccc(NS(=O)(=O)c4cc(F)cnc4OC)c3F)ccc12. The topological polar surface area (TPSA) is 122 Å². The van der Waals surface area contributed by atoms with Gasteiger partial charge in [0.25, 0.3) is 10.0 Å². The normalized spacial score (nSPS) is 12.4. The Bertz CT molecular complexity index is 1760. The maximum atomic E-state index is 16.1. The summed E-state index contributed by atoms with van der Waals surface area (Å²) in [5, 5.41) is 4.31. The highest BCUT2D eigenvalue weighted by molar-refractivity contribution is 8.32. The summed E-state index contributed by atoms with van der Waals surface area (Å²) in [7, 11) is -3.12. The van der Waals surface area contributed by atoms with Crippen molar-refractivity contribution in [3.63, 3.8) is 0 Å². The van der Waals surface area contributed by atoms with Crippen LogP contribution >= 0.6 is 10.0 Å². The van der Waals surface area contributed by atoms with E-state index in [1.165, 1.54) is 24.3 Å². The predicted octanol–water partition coefficient (Wildman–Crippen LogP) is 4.78. The quantitative estimate of drug-likeness (QED) is 0.187. The summed E-state index contributed by atoms with van der Waals surface area (Å²) in [6.07, 6.45) is 7.13. The molecule has 2 aromatic carbocycles. The van der Waals surface area contributed by atoms with Gasteiger partial charge in [0.2, 0.25) is 5.88 Å². The van der Waals surface area contributed by atoms with Crippen molar-refractivity contribution in [2.45, 2.75) is 11.6 Å². The van der Waals surface area contributed by atoms with Crippen molar-refractivity contribution in [1.29, 1.82) is 0 Å². The number of aromatic nitrogens is 3. The third-order valence-electron chi connectivity index (χ3n) is 6.08. The van der Waals surface area contributed by atoms with E-state index in [9.17, 15) is 17.6 Å². The van der Waals surface area contributed by atoms with Gasteiger partial charge in [-0.15, -0.1) is 0 Å². The Kier molecular flexibility index (Phi) is 9.03. The standard InChI is InChI=1S/C27H29F3N4O6S2/c1-38-26-21(13-16(28)14-31-26)42(36,37)33-20-8-6-7-17(22(20)29)18-9-10-19-24(27(35)39-2)32-34(25(19)23(18)30)15-40-11-12-41(3,4)5/h6-10,13-14,33H,11-12,15H2,1-5H3. The summed E-state index contributed by atoms with van der Waals surface area (Å²) >= 11 is 0. The molecule has 2 aromatic heterocycles. The van der Waals surface area contributed by atoms with Gasteiger partial charge in [-0.3, -0.25) is 4.72 Å². The zero-order valence-corrected chi connectivity index (χ0v) is 25.0. The number of hydrogen-bond donors (Lipinski definition) is 1. The molecule has 226 valence electrons. The van der Waals surface area contributed by atoms with E-state index in [1.54, 1.807) is 0 Å². The van der Waals surface area contributed by atoms with Gasteiger partial charge < -0.3 is 14.2 Å². The Morgan fingerprint density at radius 3 is 2.40 bits per heavy atom. The van der Waals surface area contributed by atoms with E-state index in [-0.39, 0.29) is 34.5 Å². The van der Waals surface area contributed by atoms with Crippen LogP contribution in [0.2, 0.25) is 0 Å². The highest BCUT2D eigenvalue weighted by atomic mass is 32.3. The number of fused-ring (bicyclic) bond motifs is 1. The van der Waals surface area contributed by atoms with E-state index >= 15 is 8.78 Å². The van der Waals surface area contributed by atoms with Gasteiger partial charge in [0, 0.05) is 28.3 Å². The van der Waals surface area contributed by atoms with Crippen molar-refractivity contribution >= 4 is 42.6 Å². The van der Waals surface area contributed by atoms with Crippen LogP contribution in [0, 0.1) is 17.5 Å². The lowest BCUT2D eigenvalue weighted by atomic mass is 10.0. The third-order valence-corrected chi connectivity index (χ3v) is 8.83. The monoisotopic (exact) mass is 626 g/mol. The van der Waals surface area contributed by atoms with E-state index in [2.05, 4.69) is 28.8 Å². The number of carbonyl (C=O) groups excluding carboxylic acids is 1. The molecular formula is C27H29F3N4O6S2. The molecule has 15 heteroatoms. The highest BCUT2D eigenvalue weighted by Gasteiger charge is 2.27. The minimum atomic E-state index is -4.58. The fraction of sp³-hybridized carbons (Fsp3) is 0.296. The Balaban J connectivity index is 1.76.